The van der Waals surface area contributed by atoms with E-state index in [1.165, 1.54) is 0 Å². The molecule has 2 aromatic rings. The molecule has 0 radical (unpaired) electrons. The Morgan fingerprint density at radius 1 is 1.53 bits per heavy atom. The van der Waals surface area contributed by atoms with Crippen molar-refractivity contribution in [1.29, 1.82) is 0 Å². The molecule has 1 atom stereocenters. The van der Waals surface area contributed by atoms with Gasteiger partial charge >= 0.3 is 0 Å². The Morgan fingerprint density at radius 2 is 2.27 bits per heavy atom. The lowest BCUT2D eigenvalue weighted by atomic mass is 10.1. The molecule has 0 saturated heterocycles. The molecule has 2 nitrogen and oxygen atoms in total. The standard InChI is InChI=1S/C12H11BrO2/c1-7(2)11(14)10-6-8-4-3-5-9(13)12(8)15-10/h3-6,11,14H,1H2,2H3. The summed E-state index contributed by atoms with van der Waals surface area (Å²) in [4.78, 5) is 0. The molecule has 0 aliphatic heterocycles. The number of para-hydroxylation sites is 1. The molecule has 0 spiro atoms. The van der Waals surface area contributed by atoms with Gasteiger partial charge in [-0.05, 0) is 40.6 Å². The van der Waals surface area contributed by atoms with Gasteiger partial charge in [-0.2, -0.15) is 0 Å². The van der Waals surface area contributed by atoms with E-state index in [0.29, 0.717) is 11.3 Å². The Kier molecular flexibility index (Phi) is 2.67. The van der Waals surface area contributed by atoms with Crippen LogP contribution in [0.3, 0.4) is 0 Å². The lowest BCUT2D eigenvalue weighted by Gasteiger charge is -2.04. The molecule has 0 saturated carbocycles. The molecule has 1 aromatic heterocycles. The zero-order valence-electron chi connectivity index (χ0n) is 8.33. The molecule has 3 heteroatoms. The first-order chi connectivity index (χ1) is 7.09. The first kappa shape index (κ1) is 10.5. The van der Waals surface area contributed by atoms with Crippen LogP contribution in [0.2, 0.25) is 0 Å². The normalized spacial score (nSPS) is 13.0. The third kappa shape index (κ3) is 1.85. The van der Waals surface area contributed by atoms with Gasteiger partial charge in [0.25, 0.3) is 0 Å². The summed E-state index contributed by atoms with van der Waals surface area (Å²) in [6, 6.07) is 7.61. The van der Waals surface area contributed by atoms with Crippen LogP contribution in [0.15, 0.2) is 45.3 Å². The van der Waals surface area contributed by atoms with E-state index in [0.717, 1.165) is 15.4 Å². The van der Waals surface area contributed by atoms with E-state index in [2.05, 4.69) is 22.5 Å². The van der Waals surface area contributed by atoms with Crippen LogP contribution in [0.4, 0.5) is 0 Å². The molecule has 1 heterocycles. The maximum Gasteiger partial charge on any atom is 0.148 e. The van der Waals surface area contributed by atoms with Crippen molar-refractivity contribution < 1.29 is 9.52 Å². The number of aliphatic hydroxyl groups excluding tert-OH is 1. The summed E-state index contributed by atoms with van der Waals surface area (Å²) < 4.78 is 6.45. The Bertz CT molecular complexity index is 513. The number of furan rings is 1. The summed E-state index contributed by atoms with van der Waals surface area (Å²) in [5.41, 5.74) is 1.43. The Hall–Kier alpha value is -1.06. The molecule has 0 amide bonds. The van der Waals surface area contributed by atoms with Crippen molar-refractivity contribution in [3.8, 4) is 0 Å². The molecule has 1 N–H and O–H groups in total. The van der Waals surface area contributed by atoms with Gasteiger partial charge < -0.3 is 9.52 Å². The second kappa shape index (κ2) is 3.83. The van der Waals surface area contributed by atoms with E-state index >= 15 is 0 Å². The summed E-state index contributed by atoms with van der Waals surface area (Å²) in [5, 5.41) is 10.8. The molecule has 1 unspecified atom stereocenters. The van der Waals surface area contributed by atoms with Crippen molar-refractivity contribution in [2.24, 2.45) is 0 Å². The predicted molar refractivity (Wildman–Crippen MR) is 63.7 cm³/mol. The highest BCUT2D eigenvalue weighted by molar-refractivity contribution is 9.10. The zero-order chi connectivity index (χ0) is 11.0. The van der Waals surface area contributed by atoms with Crippen LogP contribution >= 0.6 is 15.9 Å². The van der Waals surface area contributed by atoms with Crippen molar-refractivity contribution >= 4 is 26.9 Å². The van der Waals surface area contributed by atoms with Gasteiger partial charge in [0.2, 0.25) is 0 Å². The molecule has 0 bridgehead atoms. The summed E-state index contributed by atoms with van der Waals surface area (Å²) in [6.45, 7) is 5.47. The maximum absolute atomic E-state index is 9.78. The fraction of sp³-hybridized carbons (Fsp3) is 0.167. The van der Waals surface area contributed by atoms with E-state index in [9.17, 15) is 5.11 Å². The van der Waals surface area contributed by atoms with Gasteiger partial charge in [-0.1, -0.05) is 18.7 Å². The highest BCUT2D eigenvalue weighted by Gasteiger charge is 2.14. The average Bonchev–Trinajstić information content (AvgIpc) is 2.61. The molecule has 0 aliphatic rings. The Balaban J connectivity index is 2.56. The van der Waals surface area contributed by atoms with Crippen molar-refractivity contribution in [3.05, 3.63) is 46.7 Å². The van der Waals surface area contributed by atoms with Crippen LogP contribution in [0.25, 0.3) is 11.0 Å². The molecule has 2 rings (SSSR count). The summed E-state index contributed by atoms with van der Waals surface area (Å²) in [6.07, 6.45) is -0.732. The monoisotopic (exact) mass is 266 g/mol. The van der Waals surface area contributed by atoms with Crippen LogP contribution in [0.1, 0.15) is 18.8 Å². The van der Waals surface area contributed by atoms with Crippen LogP contribution < -0.4 is 0 Å². The largest absolute Gasteiger partial charge is 0.457 e. The quantitative estimate of drug-likeness (QED) is 0.839. The molecule has 15 heavy (non-hydrogen) atoms. The smallest absolute Gasteiger partial charge is 0.148 e. The molecular formula is C12H11BrO2. The van der Waals surface area contributed by atoms with Gasteiger partial charge in [-0.15, -0.1) is 0 Å². The molecule has 0 aliphatic carbocycles. The third-order valence-corrected chi connectivity index (χ3v) is 2.88. The van der Waals surface area contributed by atoms with Crippen LogP contribution in [-0.2, 0) is 0 Å². The lowest BCUT2D eigenvalue weighted by Crippen LogP contribution is -1.94. The number of hydrogen-bond donors (Lipinski definition) is 1. The summed E-state index contributed by atoms with van der Waals surface area (Å²) >= 11 is 3.40. The average molecular weight is 267 g/mol. The number of rotatable bonds is 2. The zero-order valence-corrected chi connectivity index (χ0v) is 9.91. The van der Waals surface area contributed by atoms with Crippen LogP contribution in [0.5, 0.6) is 0 Å². The first-order valence-electron chi connectivity index (χ1n) is 4.61. The van der Waals surface area contributed by atoms with Crippen molar-refractivity contribution in [1.82, 2.24) is 0 Å². The number of aliphatic hydroxyl groups is 1. The minimum atomic E-state index is -0.732. The summed E-state index contributed by atoms with van der Waals surface area (Å²) in [7, 11) is 0. The fourth-order valence-corrected chi connectivity index (χ4v) is 1.89. The van der Waals surface area contributed by atoms with Gasteiger partial charge in [0.1, 0.15) is 17.4 Å². The predicted octanol–water partition coefficient (Wildman–Crippen LogP) is 3.80. The fourth-order valence-electron chi connectivity index (χ4n) is 1.43. The number of halogens is 1. The molecule has 1 aromatic carbocycles. The topological polar surface area (TPSA) is 33.4 Å². The van der Waals surface area contributed by atoms with Crippen LogP contribution in [0, 0.1) is 0 Å². The highest BCUT2D eigenvalue weighted by atomic mass is 79.9. The van der Waals surface area contributed by atoms with Crippen molar-refractivity contribution in [3.63, 3.8) is 0 Å². The van der Waals surface area contributed by atoms with E-state index in [1.807, 2.05) is 24.3 Å². The van der Waals surface area contributed by atoms with E-state index in [4.69, 9.17) is 4.42 Å². The minimum Gasteiger partial charge on any atom is -0.457 e. The third-order valence-electron chi connectivity index (χ3n) is 2.25. The number of benzene rings is 1. The van der Waals surface area contributed by atoms with E-state index < -0.39 is 6.10 Å². The van der Waals surface area contributed by atoms with Crippen LogP contribution in [-0.4, -0.2) is 5.11 Å². The van der Waals surface area contributed by atoms with Gasteiger partial charge in [-0.25, -0.2) is 0 Å². The number of fused-ring (bicyclic) bond motifs is 1. The second-order valence-electron chi connectivity index (χ2n) is 3.56. The first-order valence-corrected chi connectivity index (χ1v) is 5.40. The number of hydrogen-bond acceptors (Lipinski definition) is 2. The van der Waals surface area contributed by atoms with E-state index in [1.54, 1.807) is 6.92 Å². The second-order valence-corrected chi connectivity index (χ2v) is 4.41. The highest BCUT2D eigenvalue weighted by Crippen LogP contribution is 2.31. The SMILES string of the molecule is C=C(C)C(O)c1cc2cccc(Br)c2o1. The van der Waals surface area contributed by atoms with Crippen molar-refractivity contribution in [2.75, 3.05) is 0 Å². The van der Waals surface area contributed by atoms with E-state index in [-0.39, 0.29) is 0 Å². The Labute approximate surface area is 96.3 Å². The minimum absolute atomic E-state index is 0.532. The van der Waals surface area contributed by atoms with Gasteiger partial charge in [0.05, 0.1) is 4.47 Å². The lowest BCUT2D eigenvalue weighted by molar-refractivity contribution is 0.188. The van der Waals surface area contributed by atoms with Gasteiger partial charge in [0.15, 0.2) is 0 Å². The van der Waals surface area contributed by atoms with Gasteiger partial charge in [0, 0.05) is 5.39 Å². The van der Waals surface area contributed by atoms with Gasteiger partial charge in [-0.3, -0.25) is 0 Å². The molecule has 0 fully saturated rings. The molecular weight excluding hydrogens is 256 g/mol. The van der Waals surface area contributed by atoms with Crippen molar-refractivity contribution in [2.45, 2.75) is 13.0 Å². The maximum atomic E-state index is 9.78. The molecule has 78 valence electrons. The Morgan fingerprint density at radius 3 is 2.87 bits per heavy atom. The summed E-state index contributed by atoms with van der Waals surface area (Å²) in [5.74, 6) is 0.532.